The molecule has 0 atom stereocenters. The van der Waals surface area contributed by atoms with Gasteiger partial charge in [-0.15, -0.1) is 0 Å². The number of aryl methyl sites for hydroxylation is 1. The van der Waals surface area contributed by atoms with Crippen LogP contribution in [0.15, 0.2) is 34.8 Å². The summed E-state index contributed by atoms with van der Waals surface area (Å²) < 4.78 is 5.84. The van der Waals surface area contributed by atoms with Gasteiger partial charge in [-0.25, -0.2) is 0 Å². The monoisotopic (exact) mass is 380 g/mol. The third-order valence-electron chi connectivity index (χ3n) is 4.17. The molecule has 3 rings (SSSR count). The van der Waals surface area contributed by atoms with Gasteiger partial charge < -0.3 is 20.4 Å². The van der Waals surface area contributed by atoms with E-state index < -0.39 is 0 Å². The van der Waals surface area contributed by atoms with Gasteiger partial charge in [0.05, 0.1) is 0 Å². The number of furan rings is 1. The SMILES string of the molecule is CCc1oc2ccccc2c1/C=C/C(=O)NCCc1nc(N)nc(N(C)C)n1. The summed E-state index contributed by atoms with van der Waals surface area (Å²) in [5.41, 5.74) is 7.47. The molecule has 0 radical (unpaired) electrons. The number of aromatic nitrogens is 3. The average Bonchev–Trinajstić information content (AvgIpc) is 3.03. The molecule has 0 bridgehead atoms. The van der Waals surface area contributed by atoms with Gasteiger partial charge in [-0.2, -0.15) is 15.0 Å². The largest absolute Gasteiger partial charge is 0.460 e. The molecule has 0 saturated carbocycles. The van der Waals surface area contributed by atoms with E-state index in [0.29, 0.717) is 24.7 Å². The molecule has 2 aromatic heterocycles. The number of nitrogen functional groups attached to an aromatic ring is 1. The predicted octanol–water partition coefficient (Wildman–Crippen LogP) is 2.20. The molecule has 0 unspecified atom stereocenters. The van der Waals surface area contributed by atoms with Crippen molar-refractivity contribution in [2.24, 2.45) is 0 Å². The number of nitrogens with two attached hydrogens (primary N) is 1. The summed E-state index contributed by atoms with van der Waals surface area (Å²) in [6.07, 6.45) is 4.53. The minimum Gasteiger partial charge on any atom is -0.460 e. The second-order valence-electron chi connectivity index (χ2n) is 6.47. The summed E-state index contributed by atoms with van der Waals surface area (Å²) in [5.74, 6) is 1.87. The van der Waals surface area contributed by atoms with Crippen LogP contribution in [0.25, 0.3) is 17.0 Å². The van der Waals surface area contributed by atoms with Crippen LogP contribution in [-0.4, -0.2) is 41.5 Å². The quantitative estimate of drug-likeness (QED) is 0.605. The highest BCUT2D eigenvalue weighted by molar-refractivity contribution is 5.96. The third kappa shape index (κ3) is 4.46. The zero-order chi connectivity index (χ0) is 20.1. The number of carbonyl (C=O) groups excluding carboxylic acids is 1. The zero-order valence-electron chi connectivity index (χ0n) is 16.3. The lowest BCUT2D eigenvalue weighted by Gasteiger charge is -2.11. The number of carbonyl (C=O) groups is 1. The Kier molecular flexibility index (Phi) is 5.88. The number of anilines is 2. The van der Waals surface area contributed by atoms with Gasteiger partial charge in [0.1, 0.15) is 17.2 Å². The van der Waals surface area contributed by atoms with Gasteiger partial charge >= 0.3 is 0 Å². The molecule has 1 amide bonds. The maximum Gasteiger partial charge on any atom is 0.244 e. The van der Waals surface area contributed by atoms with E-state index in [4.69, 9.17) is 10.2 Å². The van der Waals surface area contributed by atoms with Gasteiger partial charge in [-0.05, 0) is 12.1 Å². The van der Waals surface area contributed by atoms with E-state index in [1.54, 1.807) is 11.0 Å². The van der Waals surface area contributed by atoms with Gasteiger partial charge in [0.25, 0.3) is 0 Å². The van der Waals surface area contributed by atoms with Gasteiger partial charge in [-0.3, -0.25) is 4.79 Å². The number of hydrogen-bond donors (Lipinski definition) is 2. The summed E-state index contributed by atoms with van der Waals surface area (Å²) in [6.45, 7) is 2.42. The van der Waals surface area contributed by atoms with Crippen LogP contribution in [-0.2, 0) is 17.6 Å². The van der Waals surface area contributed by atoms with Crippen molar-refractivity contribution in [3.63, 3.8) is 0 Å². The first-order valence-electron chi connectivity index (χ1n) is 9.12. The van der Waals surface area contributed by atoms with E-state index >= 15 is 0 Å². The molecule has 0 spiro atoms. The van der Waals surface area contributed by atoms with Crippen LogP contribution < -0.4 is 16.0 Å². The lowest BCUT2D eigenvalue weighted by atomic mass is 10.1. The first-order valence-corrected chi connectivity index (χ1v) is 9.12. The molecule has 28 heavy (non-hydrogen) atoms. The minimum absolute atomic E-state index is 0.166. The highest BCUT2D eigenvalue weighted by Gasteiger charge is 2.10. The molecule has 0 aliphatic heterocycles. The fourth-order valence-corrected chi connectivity index (χ4v) is 2.81. The Morgan fingerprint density at radius 2 is 2.04 bits per heavy atom. The van der Waals surface area contributed by atoms with Gasteiger partial charge in [0.15, 0.2) is 0 Å². The van der Waals surface area contributed by atoms with E-state index in [-0.39, 0.29) is 11.9 Å². The van der Waals surface area contributed by atoms with Crippen molar-refractivity contribution >= 4 is 34.8 Å². The van der Waals surface area contributed by atoms with Crippen molar-refractivity contribution in [2.45, 2.75) is 19.8 Å². The minimum atomic E-state index is -0.192. The lowest BCUT2D eigenvalue weighted by Crippen LogP contribution is -2.25. The lowest BCUT2D eigenvalue weighted by molar-refractivity contribution is -0.116. The molecular formula is C20H24N6O2. The van der Waals surface area contributed by atoms with Crippen LogP contribution in [0.4, 0.5) is 11.9 Å². The number of fused-ring (bicyclic) bond motifs is 1. The van der Waals surface area contributed by atoms with E-state index in [0.717, 1.165) is 28.7 Å². The molecule has 3 aromatic rings. The molecular weight excluding hydrogens is 356 g/mol. The number of benzene rings is 1. The molecule has 146 valence electrons. The van der Waals surface area contributed by atoms with E-state index in [1.807, 2.05) is 45.3 Å². The fourth-order valence-electron chi connectivity index (χ4n) is 2.81. The van der Waals surface area contributed by atoms with Gasteiger partial charge in [0, 0.05) is 50.5 Å². The van der Waals surface area contributed by atoms with E-state index in [1.165, 1.54) is 6.08 Å². The predicted molar refractivity (Wildman–Crippen MR) is 110 cm³/mol. The maximum atomic E-state index is 12.2. The Morgan fingerprint density at radius 1 is 1.25 bits per heavy atom. The Labute approximate surface area is 163 Å². The highest BCUT2D eigenvalue weighted by atomic mass is 16.3. The Balaban J connectivity index is 1.62. The maximum absolute atomic E-state index is 12.2. The molecule has 0 saturated heterocycles. The number of para-hydroxylation sites is 1. The second kappa shape index (κ2) is 8.51. The molecule has 0 aliphatic carbocycles. The molecule has 2 heterocycles. The fraction of sp³-hybridized carbons (Fsp3) is 0.300. The molecule has 3 N–H and O–H groups in total. The molecule has 8 heteroatoms. The van der Waals surface area contributed by atoms with Crippen molar-refractivity contribution in [1.82, 2.24) is 20.3 Å². The normalized spacial score (nSPS) is 11.2. The summed E-state index contributed by atoms with van der Waals surface area (Å²) >= 11 is 0. The van der Waals surface area contributed by atoms with Crippen molar-refractivity contribution in [1.29, 1.82) is 0 Å². The Bertz CT molecular complexity index is 1010. The summed E-state index contributed by atoms with van der Waals surface area (Å²) in [4.78, 5) is 26.4. The summed E-state index contributed by atoms with van der Waals surface area (Å²) in [5, 5.41) is 3.84. The van der Waals surface area contributed by atoms with E-state index in [2.05, 4.69) is 20.3 Å². The van der Waals surface area contributed by atoms with Gasteiger partial charge in [0.2, 0.25) is 17.8 Å². The number of hydrogen-bond acceptors (Lipinski definition) is 7. The second-order valence-corrected chi connectivity index (χ2v) is 6.47. The van der Waals surface area contributed by atoms with Crippen LogP contribution >= 0.6 is 0 Å². The summed E-state index contributed by atoms with van der Waals surface area (Å²) in [7, 11) is 3.66. The van der Waals surface area contributed by atoms with Crippen molar-refractivity contribution in [2.75, 3.05) is 31.3 Å². The van der Waals surface area contributed by atoms with Crippen LogP contribution in [0.2, 0.25) is 0 Å². The van der Waals surface area contributed by atoms with Crippen molar-refractivity contribution in [3.8, 4) is 0 Å². The number of rotatable bonds is 7. The molecule has 0 aliphatic rings. The van der Waals surface area contributed by atoms with Crippen LogP contribution in [0.3, 0.4) is 0 Å². The van der Waals surface area contributed by atoms with E-state index in [9.17, 15) is 4.79 Å². The number of nitrogens with zero attached hydrogens (tertiary/aromatic N) is 4. The number of nitrogens with one attached hydrogen (secondary N) is 1. The topological polar surface area (TPSA) is 110 Å². The first kappa shape index (κ1) is 19.3. The first-order chi connectivity index (χ1) is 13.5. The Hall–Kier alpha value is -3.42. The van der Waals surface area contributed by atoms with Gasteiger partial charge in [-0.1, -0.05) is 25.1 Å². The van der Waals surface area contributed by atoms with Crippen LogP contribution in [0.1, 0.15) is 24.1 Å². The van der Waals surface area contributed by atoms with Crippen molar-refractivity contribution in [3.05, 3.63) is 47.5 Å². The zero-order valence-corrected chi connectivity index (χ0v) is 16.3. The molecule has 8 nitrogen and oxygen atoms in total. The van der Waals surface area contributed by atoms with Crippen LogP contribution in [0.5, 0.6) is 0 Å². The molecule has 0 fully saturated rings. The van der Waals surface area contributed by atoms with Crippen molar-refractivity contribution < 1.29 is 9.21 Å². The smallest absolute Gasteiger partial charge is 0.244 e. The standard InChI is InChI=1S/C20H24N6O2/c1-4-15-14(13-7-5-6-8-16(13)28-15)9-10-18(27)22-12-11-17-23-19(21)25-20(24-17)26(2)3/h5-10H,4,11-12H2,1-3H3,(H,22,27)(H2,21,23,24,25)/b10-9+. The Morgan fingerprint density at radius 3 is 2.79 bits per heavy atom. The van der Waals surface area contributed by atoms with Crippen LogP contribution in [0, 0.1) is 0 Å². The number of amides is 1. The highest BCUT2D eigenvalue weighted by Crippen LogP contribution is 2.27. The summed E-state index contributed by atoms with van der Waals surface area (Å²) in [6, 6.07) is 7.80. The molecule has 1 aromatic carbocycles. The third-order valence-corrected chi connectivity index (χ3v) is 4.17. The average molecular weight is 380 g/mol.